The summed E-state index contributed by atoms with van der Waals surface area (Å²) in [6.07, 6.45) is 0. The van der Waals surface area contributed by atoms with E-state index in [0.717, 1.165) is 44.1 Å². The number of morpholine rings is 1. The molecule has 3 aliphatic heterocycles. The van der Waals surface area contributed by atoms with Crippen LogP contribution in [0, 0.1) is 0 Å². The van der Waals surface area contributed by atoms with Gasteiger partial charge < -0.3 is 15.0 Å². The fraction of sp³-hybridized carbons (Fsp3) is 0.474. The molecule has 3 aliphatic rings. The first-order chi connectivity index (χ1) is 12.6. The van der Waals surface area contributed by atoms with Crippen LogP contribution in [0.25, 0.3) is 0 Å². The number of amides is 3. The van der Waals surface area contributed by atoms with Gasteiger partial charge in [0.1, 0.15) is 0 Å². The highest BCUT2D eigenvalue weighted by Gasteiger charge is 2.42. The molecule has 0 saturated carbocycles. The Hall–Kier alpha value is -2.38. The van der Waals surface area contributed by atoms with Crippen molar-refractivity contribution in [3.63, 3.8) is 0 Å². The van der Waals surface area contributed by atoms with E-state index in [-0.39, 0.29) is 18.0 Å². The molecule has 26 heavy (non-hydrogen) atoms. The van der Waals surface area contributed by atoms with Gasteiger partial charge in [0.25, 0.3) is 5.91 Å². The zero-order chi connectivity index (χ0) is 18.1. The van der Waals surface area contributed by atoms with Crippen LogP contribution >= 0.6 is 0 Å². The minimum absolute atomic E-state index is 0.0222. The van der Waals surface area contributed by atoms with Gasteiger partial charge in [-0.15, -0.1) is 0 Å². The monoisotopic (exact) mass is 356 g/mol. The quantitative estimate of drug-likeness (QED) is 0.867. The first-order valence-electron chi connectivity index (χ1n) is 9.07. The van der Waals surface area contributed by atoms with Crippen LogP contribution < -0.4 is 5.32 Å². The van der Waals surface area contributed by atoms with Crippen molar-refractivity contribution in [1.82, 2.24) is 20.0 Å². The van der Waals surface area contributed by atoms with Crippen molar-refractivity contribution in [2.75, 3.05) is 53.0 Å². The summed E-state index contributed by atoms with van der Waals surface area (Å²) in [6, 6.07) is 9.14. The van der Waals surface area contributed by atoms with Crippen LogP contribution in [0.5, 0.6) is 0 Å². The summed E-state index contributed by atoms with van der Waals surface area (Å²) in [5.41, 5.74) is 2.44. The average molecular weight is 356 g/mol. The van der Waals surface area contributed by atoms with Crippen LogP contribution in [0.1, 0.15) is 11.6 Å². The van der Waals surface area contributed by atoms with E-state index in [2.05, 4.69) is 10.2 Å². The molecule has 1 aromatic carbocycles. The van der Waals surface area contributed by atoms with Crippen LogP contribution in [-0.2, 0) is 9.53 Å². The molecule has 0 unspecified atom stereocenters. The number of likely N-dealkylation sites (N-methyl/N-ethyl adjacent to an activating group) is 1. The Kier molecular flexibility index (Phi) is 4.65. The van der Waals surface area contributed by atoms with Gasteiger partial charge in [0, 0.05) is 33.2 Å². The third-order valence-corrected chi connectivity index (χ3v) is 5.36. The number of urea groups is 1. The van der Waals surface area contributed by atoms with Crippen molar-refractivity contribution in [2.24, 2.45) is 0 Å². The average Bonchev–Trinajstić information content (AvgIpc) is 3.01. The lowest BCUT2D eigenvalue weighted by molar-refractivity contribution is -0.126. The van der Waals surface area contributed by atoms with Crippen molar-refractivity contribution in [1.29, 1.82) is 0 Å². The number of benzene rings is 1. The first kappa shape index (κ1) is 17.1. The maximum Gasteiger partial charge on any atom is 0.322 e. The predicted molar refractivity (Wildman–Crippen MR) is 96.3 cm³/mol. The molecule has 1 atom stereocenters. The van der Waals surface area contributed by atoms with Crippen molar-refractivity contribution in [3.05, 3.63) is 47.2 Å². The molecule has 0 spiro atoms. The van der Waals surface area contributed by atoms with Crippen molar-refractivity contribution >= 4 is 11.9 Å². The standard InChI is InChI=1S/C19H24N4O3/c1-21-15-13-23(8-7-22-9-11-26-12-10-22)18(24)16(15)17(20-19(21)25)14-5-3-2-4-6-14/h2-6,17H,7-13H2,1H3,(H,20,25)/t17-/m1/s1. The summed E-state index contributed by atoms with van der Waals surface area (Å²) in [5.74, 6) is 0.0222. The molecule has 1 aromatic rings. The van der Waals surface area contributed by atoms with E-state index in [9.17, 15) is 9.59 Å². The topological polar surface area (TPSA) is 65.1 Å². The molecule has 1 saturated heterocycles. The largest absolute Gasteiger partial charge is 0.379 e. The Labute approximate surface area is 153 Å². The van der Waals surface area contributed by atoms with E-state index >= 15 is 0 Å². The van der Waals surface area contributed by atoms with E-state index < -0.39 is 0 Å². The van der Waals surface area contributed by atoms with Crippen LogP contribution in [0.15, 0.2) is 41.6 Å². The van der Waals surface area contributed by atoms with E-state index in [0.29, 0.717) is 18.7 Å². The molecule has 1 fully saturated rings. The van der Waals surface area contributed by atoms with Gasteiger partial charge in [0.05, 0.1) is 37.1 Å². The lowest BCUT2D eigenvalue weighted by Gasteiger charge is -2.31. The van der Waals surface area contributed by atoms with Crippen molar-refractivity contribution < 1.29 is 14.3 Å². The molecule has 1 N–H and O–H groups in total. The van der Waals surface area contributed by atoms with Crippen LogP contribution in [0.4, 0.5) is 4.79 Å². The third-order valence-electron chi connectivity index (χ3n) is 5.36. The lowest BCUT2D eigenvalue weighted by atomic mass is 9.96. The number of nitrogens with zero attached hydrogens (tertiary/aromatic N) is 3. The number of carbonyl (C=O) groups is 2. The zero-order valence-corrected chi connectivity index (χ0v) is 15.0. The van der Waals surface area contributed by atoms with Crippen LogP contribution in [0.3, 0.4) is 0 Å². The minimum Gasteiger partial charge on any atom is -0.379 e. The van der Waals surface area contributed by atoms with Gasteiger partial charge in [0.15, 0.2) is 0 Å². The number of hydrogen-bond donors (Lipinski definition) is 1. The zero-order valence-electron chi connectivity index (χ0n) is 15.0. The minimum atomic E-state index is -0.379. The van der Waals surface area contributed by atoms with E-state index in [1.807, 2.05) is 35.2 Å². The Morgan fingerprint density at radius 3 is 2.58 bits per heavy atom. The van der Waals surface area contributed by atoms with E-state index in [1.165, 1.54) is 0 Å². The Bertz CT molecular complexity index is 728. The van der Waals surface area contributed by atoms with E-state index in [1.54, 1.807) is 11.9 Å². The van der Waals surface area contributed by atoms with Gasteiger partial charge in [-0.25, -0.2) is 4.79 Å². The van der Waals surface area contributed by atoms with Crippen LogP contribution in [-0.4, -0.2) is 79.6 Å². The molecule has 0 aliphatic carbocycles. The second-order valence-electron chi connectivity index (χ2n) is 6.89. The summed E-state index contributed by atoms with van der Waals surface area (Å²) < 4.78 is 5.38. The highest BCUT2D eigenvalue weighted by atomic mass is 16.5. The molecule has 7 nitrogen and oxygen atoms in total. The van der Waals surface area contributed by atoms with Crippen molar-refractivity contribution in [3.8, 4) is 0 Å². The summed E-state index contributed by atoms with van der Waals surface area (Å²) in [5, 5.41) is 2.96. The SMILES string of the molecule is CN1C(=O)N[C@H](c2ccccc2)C2=C1CN(CCN1CCOCC1)C2=O. The molecular formula is C19H24N4O3. The molecule has 138 valence electrons. The summed E-state index contributed by atoms with van der Waals surface area (Å²) >= 11 is 0. The first-order valence-corrected chi connectivity index (χ1v) is 9.07. The molecule has 0 aromatic heterocycles. The normalized spacial score (nSPS) is 24.1. The number of ether oxygens (including phenoxy) is 1. The maximum absolute atomic E-state index is 13.1. The second kappa shape index (κ2) is 7.09. The fourth-order valence-electron chi connectivity index (χ4n) is 3.79. The van der Waals surface area contributed by atoms with Crippen LogP contribution in [0.2, 0.25) is 0 Å². The number of nitrogens with one attached hydrogen (secondary N) is 1. The number of carbonyl (C=O) groups excluding carboxylic acids is 2. The molecule has 4 rings (SSSR count). The predicted octanol–water partition coefficient (Wildman–Crippen LogP) is 0.811. The Morgan fingerprint density at radius 1 is 1.12 bits per heavy atom. The highest BCUT2D eigenvalue weighted by molar-refractivity contribution is 6.01. The van der Waals surface area contributed by atoms with Gasteiger partial charge in [-0.2, -0.15) is 0 Å². The van der Waals surface area contributed by atoms with Gasteiger partial charge in [-0.1, -0.05) is 30.3 Å². The number of rotatable bonds is 4. The smallest absolute Gasteiger partial charge is 0.322 e. The molecule has 7 heteroatoms. The summed E-state index contributed by atoms with van der Waals surface area (Å²) in [7, 11) is 1.73. The molecule has 0 radical (unpaired) electrons. The maximum atomic E-state index is 13.1. The van der Waals surface area contributed by atoms with Gasteiger partial charge in [-0.05, 0) is 5.56 Å². The van der Waals surface area contributed by atoms with E-state index in [4.69, 9.17) is 4.74 Å². The molecular weight excluding hydrogens is 332 g/mol. The van der Waals surface area contributed by atoms with Gasteiger partial charge in [0.2, 0.25) is 0 Å². The molecule has 0 bridgehead atoms. The van der Waals surface area contributed by atoms with Gasteiger partial charge >= 0.3 is 6.03 Å². The second-order valence-corrected chi connectivity index (χ2v) is 6.89. The molecule has 3 amide bonds. The Morgan fingerprint density at radius 2 is 1.85 bits per heavy atom. The van der Waals surface area contributed by atoms with Gasteiger partial charge in [-0.3, -0.25) is 14.6 Å². The summed E-state index contributed by atoms with van der Waals surface area (Å²) in [4.78, 5) is 31.2. The van der Waals surface area contributed by atoms with Crippen molar-refractivity contribution in [2.45, 2.75) is 6.04 Å². The lowest BCUT2D eigenvalue weighted by Crippen LogP contribution is -2.45. The summed E-state index contributed by atoms with van der Waals surface area (Å²) in [6.45, 7) is 5.29. The Balaban J connectivity index is 1.53. The number of hydrogen-bond acceptors (Lipinski definition) is 4. The molecule has 3 heterocycles. The third kappa shape index (κ3) is 3.08. The highest BCUT2D eigenvalue weighted by Crippen LogP contribution is 2.35. The fourth-order valence-corrected chi connectivity index (χ4v) is 3.79.